The highest BCUT2D eigenvalue weighted by Crippen LogP contribution is 2.20. The lowest BCUT2D eigenvalue weighted by molar-refractivity contribution is -0.136. The second-order valence-corrected chi connectivity index (χ2v) is 6.91. The summed E-state index contributed by atoms with van der Waals surface area (Å²) in [7, 11) is 0. The van der Waals surface area contributed by atoms with E-state index < -0.39 is 17.8 Å². The predicted octanol–water partition coefficient (Wildman–Crippen LogP) is 4.30. The molecule has 0 aliphatic carbocycles. The number of rotatable bonds is 5. The van der Waals surface area contributed by atoms with Gasteiger partial charge in [-0.25, -0.2) is 10.2 Å². The highest BCUT2D eigenvalue weighted by molar-refractivity contribution is 6.41. The summed E-state index contributed by atoms with van der Waals surface area (Å²) < 4.78 is 5.39. The van der Waals surface area contributed by atoms with Crippen molar-refractivity contribution in [2.24, 2.45) is 5.10 Å². The first-order chi connectivity index (χ1) is 14.9. The van der Waals surface area contributed by atoms with E-state index in [4.69, 9.17) is 27.9 Å². The van der Waals surface area contributed by atoms with Gasteiger partial charge in [0.05, 0.1) is 22.5 Å². The number of para-hydroxylation sites is 2. The maximum absolute atomic E-state index is 12.3. The molecule has 0 aliphatic heterocycles. The number of esters is 1. The zero-order valence-electron chi connectivity index (χ0n) is 15.8. The second-order valence-electron chi connectivity index (χ2n) is 6.07. The summed E-state index contributed by atoms with van der Waals surface area (Å²) in [4.78, 5) is 36.2. The molecule has 0 aliphatic rings. The van der Waals surface area contributed by atoms with Crippen molar-refractivity contribution in [1.29, 1.82) is 0 Å². The molecule has 2 N–H and O–H groups in total. The Hall–Kier alpha value is -3.68. The van der Waals surface area contributed by atoms with Crippen molar-refractivity contribution in [1.82, 2.24) is 5.43 Å². The minimum absolute atomic E-state index is 0.223. The topological polar surface area (TPSA) is 96.9 Å². The average Bonchev–Trinajstić information content (AvgIpc) is 2.76. The van der Waals surface area contributed by atoms with Crippen LogP contribution in [-0.2, 0) is 9.59 Å². The molecule has 0 saturated heterocycles. The summed E-state index contributed by atoms with van der Waals surface area (Å²) in [5.41, 5.74) is 3.14. The number of benzene rings is 3. The van der Waals surface area contributed by atoms with Crippen LogP contribution in [0.2, 0.25) is 10.0 Å². The Morgan fingerprint density at radius 2 is 1.52 bits per heavy atom. The van der Waals surface area contributed by atoms with Gasteiger partial charge in [-0.3, -0.25) is 9.59 Å². The number of nitrogens with zero attached hydrogens (tertiary/aromatic N) is 1. The lowest BCUT2D eigenvalue weighted by atomic mass is 10.2. The summed E-state index contributed by atoms with van der Waals surface area (Å²) in [6, 6.07) is 19.3. The normalized spacial score (nSPS) is 10.5. The number of carbonyl (C=O) groups excluding carboxylic acids is 3. The highest BCUT2D eigenvalue weighted by atomic mass is 35.5. The molecule has 3 rings (SSSR count). The van der Waals surface area contributed by atoms with Crippen LogP contribution in [0.25, 0.3) is 0 Å². The summed E-state index contributed by atoms with van der Waals surface area (Å²) in [6.45, 7) is 0. The van der Waals surface area contributed by atoms with Crippen LogP contribution >= 0.6 is 23.2 Å². The number of ether oxygens (including phenoxy) is 1. The van der Waals surface area contributed by atoms with Gasteiger partial charge in [-0.1, -0.05) is 47.5 Å². The van der Waals surface area contributed by atoms with Crippen LogP contribution in [0.1, 0.15) is 15.9 Å². The smallest absolute Gasteiger partial charge is 0.343 e. The van der Waals surface area contributed by atoms with Crippen molar-refractivity contribution in [3.63, 3.8) is 0 Å². The molecular weight excluding hydrogens is 441 g/mol. The minimum Gasteiger partial charge on any atom is -0.422 e. The molecule has 0 bridgehead atoms. The van der Waals surface area contributed by atoms with E-state index in [9.17, 15) is 14.4 Å². The average molecular weight is 456 g/mol. The van der Waals surface area contributed by atoms with E-state index in [-0.39, 0.29) is 5.75 Å². The van der Waals surface area contributed by atoms with Crippen LogP contribution in [0.15, 0.2) is 77.9 Å². The van der Waals surface area contributed by atoms with Gasteiger partial charge in [0.15, 0.2) is 0 Å². The first-order valence-corrected chi connectivity index (χ1v) is 9.65. The second kappa shape index (κ2) is 10.4. The van der Waals surface area contributed by atoms with Gasteiger partial charge in [0.25, 0.3) is 0 Å². The van der Waals surface area contributed by atoms with Crippen LogP contribution in [0, 0.1) is 0 Å². The van der Waals surface area contributed by atoms with E-state index >= 15 is 0 Å². The lowest BCUT2D eigenvalue weighted by Gasteiger charge is -2.07. The van der Waals surface area contributed by atoms with Gasteiger partial charge in [0.2, 0.25) is 0 Å². The molecule has 0 saturated carbocycles. The SMILES string of the molecule is O=C(N/N=C\c1ccccc1OC(=O)c1ccc(Cl)cc1)C(=O)Nc1ccccc1Cl. The van der Waals surface area contributed by atoms with Gasteiger partial charge in [0, 0.05) is 10.6 Å². The summed E-state index contributed by atoms with van der Waals surface area (Å²) in [5, 5.41) is 6.93. The molecule has 0 radical (unpaired) electrons. The third-order valence-corrected chi connectivity index (χ3v) is 4.48. The maximum atomic E-state index is 12.3. The van der Waals surface area contributed by atoms with Crippen molar-refractivity contribution < 1.29 is 19.1 Å². The van der Waals surface area contributed by atoms with Gasteiger partial charge >= 0.3 is 17.8 Å². The van der Waals surface area contributed by atoms with E-state index in [1.165, 1.54) is 6.21 Å². The molecular formula is C22H15Cl2N3O4. The monoisotopic (exact) mass is 455 g/mol. The fraction of sp³-hybridized carbons (Fsp3) is 0. The quantitative estimate of drug-likeness (QED) is 0.197. The summed E-state index contributed by atoms with van der Waals surface area (Å²) in [5.74, 6) is -2.29. The van der Waals surface area contributed by atoms with Crippen LogP contribution < -0.4 is 15.5 Å². The minimum atomic E-state index is -0.994. The molecule has 0 spiro atoms. The number of carbonyl (C=O) groups is 3. The Morgan fingerprint density at radius 3 is 2.26 bits per heavy atom. The summed E-state index contributed by atoms with van der Waals surface area (Å²) in [6.07, 6.45) is 1.26. The number of nitrogens with one attached hydrogen (secondary N) is 2. The Labute approximate surface area is 187 Å². The Kier molecular flexibility index (Phi) is 7.37. The van der Waals surface area contributed by atoms with E-state index in [1.807, 2.05) is 0 Å². The molecule has 31 heavy (non-hydrogen) atoms. The first kappa shape index (κ1) is 22.0. The Morgan fingerprint density at radius 1 is 0.839 bits per heavy atom. The molecule has 3 aromatic rings. The van der Waals surface area contributed by atoms with Crippen molar-refractivity contribution in [2.45, 2.75) is 0 Å². The molecule has 156 valence electrons. The number of hydrogen-bond donors (Lipinski definition) is 2. The van der Waals surface area contributed by atoms with Crippen LogP contribution in [0.3, 0.4) is 0 Å². The van der Waals surface area contributed by atoms with Crippen LogP contribution in [-0.4, -0.2) is 24.0 Å². The maximum Gasteiger partial charge on any atom is 0.343 e. The van der Waals surface area contributed by atoms with Crippen molar-refractivity contribution in [3.05, 3.63) is 94.0 Å². The molecule has 3 aromatic carbocycles. The van der Waals surface area contributed by atoms with E-state index in [2.05, 4.69) is 15.8 Å². The largest absolute Gasteiger partial charge is 0.422 e. The molecule has 0 fully saturated rings. The third-order valence-electron chi connectivity index (χ3n) is 3.90. The first-order valence-electron chi connectivity index (χ1n) is 8.90. The van der Waals surface area contributed by atoms with Crippen LogP contribution in [0.4, 0.5) is 5.69 Å². The number of amides is 2. The van der Waals surface area contributed by atoms with E-state index in [0.29, 0.717) is 26.9 Å². The van der Waals surface area contributed by atoms with Gasteiger partial charge in [0.1, 0.15) is 5.75 Å². The molecule has 0 aromatic heterocycles. The Balaban J connectivity index is 1.62. The van der Waals surface area contributed by atoms with Crippen molar-refractivity contribution in [2.75, 3.05) is 5.32 Å². The van der Waals surface area contributed by atoms with Gasteiger partial charge in [-0.05, 0) is 48.5 Å². The predicted molar refractivity (Wildman–Crippen MR) is 119 cm³/mol. The molecule has 0 atom stereocenters. The highest BCUT2D eigenvalue weighted by Gasteiger charge is 2.15. The zero-order chi connectivity index (χ0) is 22.2. The van der Waals surface area contributed by atoms with Crippen molar-refractivity contribution in [3.8, 4) is 5.75 Å². The fourth-order valence-corrected chi connectivity index (χ4v) is 2.69. The zero-order valence-corrected chi connectivity index (χ0v) is 17.4. The number of anilines is 1. The van der Waals surface area contributed by atoms with Gasteiger partial charge in [-0.15, -0.1) is 0 Å². The number of hydrogen-bond acceptors (Lipinski definition) is 5. The standard InChI is InChI=1S/C22H15Cl2N3O4/c23-16-11-9-14(10-12-16)22(30)31-19-8-4-1-5-15(19)13-25-27-21(29)20(28)26-18-7-3-2-6-17(18)24/h1-13H,(H,26,28)(H,27,29)/b25-13-. The van der Waals surface area contributed by atoms with Gasteiger partial charge in [-0.2, -0.15) is 5.10 Å². The molecule has 9 heteroatoms. The Bertz CT molecular complexity index is 1150. The summed E-state index contributed by atoms with van der Waals surface area (Å²) >= 11 is 11.8. The molecule has 7 nitrogen and oxygen atoms in total. The van der Waals surface area contributed by atoms with Crippen LogP contribution in [0.5, 0.6) is 5.75 Å². The lowest BCUT2D eigenvalue weighted by Crippen LogP contribution is -2.32. The molecule has 0 unspecified atom stereocenters. The van der Waals surface area contributed by atoms with E-state index in [1.54, 1.807) is 72.8 Å². The molecule has 0 heterocycles. The fourth-order valence-electron chi connectivity index (χ4n) is 2.38. The van der Waals surface area contributed by atoms with Gasteiger partial charge < -0.3 is 10.1 Å². The third kappa shape index (κ3) is 6.15. The van der Waals surface area contributed by atoms with E-state index in [0.717, 1.165) is 0 Å². The van der Waals surface area contributed by atoms with Crippen molar-refractivity contribution >= 4 is 52.9 Å². The number of halogens is 2. The number of hydrazone groups is 1. The molecule has 2 amide bonds.